The molecule has 0 bridgehead atoms. The van der Waals surface area contributed by atoms with E-state index in [1.807, 2.05) is 18.2 Å². The Labute approximate surface area is 121 Å². The Morgan fingerprint density at radius 2 is 2.15 bits per heavy atom. The van der Waals surface area contributed by atoms with Crippen LogP contribution in [0.15, 0.2) is 18.2 Å². The predicted molar refractivity (Wildman–Crippen MR) is 79.5 cm³/mol. The molecule has 4 nitrogen and oxygen atoms in total. The summed E-state index contributed by atoms with van der Waals surface area (Å²) in [6.45, 7) is 9.35. The summed E-state index contributed by atoms with van der Waals surface area (Å²) in [5.74, 6) is 0. The maximum Gasteiger partial charge on any atom is 0.0889 e. The molecule has 2 rings (SSSR count). The first-order chi connectivity index (χ1) is 9.53. The summed E-state index contributed by atoms with van der Waals surface area (Å²) in [6.07, 6.45) is 2.55. The summed E-state index contributed by atoms with van der Waals surface area (Å²) in [4.78, 5) is 4.61. The molecule has 1 saturated heterocycles. The third kappa shape index (κ3) is 5.57. The van der Waals surface area contributed by atoms with Gasteiger partial charge in [-0.2, -0.15) is 0 Å². The smallest absolute Gasteiger partial charge is 0.0889 e. The van der Waals surface area contributed by atoms with Crippen molar-refractivity contribution in [3.63, 3.8) is 0 Å². The fourth-order valence-electron chi connectivity index (χ4n) is 2.13. The first-order valence-electron chi connectivity index (χ1n) is 7.42. The molecule has 1 aliphatic heterocycles. The highest BCUT2D eigenvalue weighted by Gasteiger charge is 2.15. The van der Waals surface area contributed by atoms with Crippen LogP contribution in [0.1, 0.15) is 45.0 Å². The zero-order chi connectivity index (χ0) is 14.4. The number of rotatable bonds is 6. The topological polar surface area (TPSA) is 43.4 Å². The van der Waals surface area contributed by atoms with Gasteiger partial charge in [-0.05, 0) is 45.7 Å². The van der Waals surface area contributed by atoms with Crippen molar-refractivity contribution in [2.45, 2.75) is 58.4 Å². The fourth-order valence-corrected chi connectivity index (χ4v) is 2.13. The number of ether oxygens (including phenoxy) is 2. The minimum atomic E-state index is 0.105. The number of pyridine rings is 1. The van der Waals surface area contributed by atoms with Crippen molar-refractivity contribution in [3.05, 3.63) is 29.6 Å². The second kappa shape index (κ2) is 7.16. The van der Waals surface area contributed by atoms with Crippen LogP contribution < -0.4 is 5.32 Å². The van der Waals surface area contributed by atoms with Gasteiger partial charge in [0.2, 0.25) is 0 Å². The molecule has 1 N–H and O–H groups in total. The van der Waals surface area contributed by atoms with E-state index in [0.29, 0.717) is 13.2 Å². The van der Waals surface area contributed by atoms with Crippen LogP contribution in [0.4, 0.5) is 0 Å². The Morgan fingerprint density at radius 1 is 1.35 bits per heavy atom. The van der Waals surface area contributed by atoms with Gasteiger partial charge >= 0.3 is 0 Å². The van der Waals surface area contributed by atoms with Gasteiger partial charge in [0.1, 0.15) is 0 Å². The van der Waals surface area contributed by atoms with E-state index in [1.165, 1.54) is 0 Å². The van der Waals surface area contributed by atoms with Crippen molar-refractivity contribution in [3.8, 4) is 0 Å². The number of hydrogen-bond acceptors (Lipinski definition) is 4. The van der Waals surface area contributed by atoms with Crippen LogP contribution in [0.25, 0.3) is 0 Å². The lowest BCUT2D eigenvalue weighted by Gasteiger charge is -2.20. The fraction of sp³-hybridized carbons (Fsp3) is 0.688. The molecule has 1 aliphatic rings. The average molecular weight is 278 g/mol. The molecule has 4 heteroatoms. The summed E-state index contributed by atoms with van der Waals surface area (Å²) >= 11 is 0. The molecule has 1 aromatic heterocycles. The highest BCUT2D eigenvalue weighted by atomic mass is 16.5. The van der Waals surface area contributed by atoms with Gasteiger partial charge in [-0.3, -0.25) is 4.98 Å². The molecular weight excluding hydrogens is 252 g/mol. The van der Waals surface area contributed by atoms with Crippen molar-refractivity contribution in [2.24, 2.45) is 0 Å². The summed E-state index contributed by atoms with van der Waals surface area (Å²) < 4.78 is 11.2. The van der Waals surface area contributed by atoms with Crippen LogP contribution in [0, 0.1) is 0 Å². The first kappa shape index (κ1) is 15.4. The summed E-state index contributed by atoms with van der Waals surface area (Å²) in [7, 11) is 0. The average Bonchev–Trinajstić information content (AvgIpc) is 2.89. The number of hydrogen-bond donors (Lipinski definition) is 1. The summed E-state index contributed by atoms with van der Waals surface area (Å²) in [5.41, 5.74) is 2.14. The molecule has 0 saturated carbocycles. The molecule has 1 atom stereocenters. The maximum atomic E-state index is 5.70. The number of nitrogens with zero attached hydrogens (tertiary/aromatic N) is 1. The summed E-state index contributed by atoms with van der Waals surface area (Å²) in [5, 5.41) is 3.44. The van der Waals surface area contributed by atoms with E-state index in [0.717, 1.165) is 37.4 Å². The van der Waals surface area contributed by atoms with Crippen LogP contribution in [0.2, 0.25) is 0 Å². The molecule has 0 aliphatic carbocycles. The Hall–Kier alpha value is -0.970. The molecule has 1 fully saturated rings. The maximum absolute atomic E-state index is 5.70. The predicted octanol–water partition coefficient (Wildman–Crippen LogP) is 2.67. The zero-order valence-corrected chi connectivity index (χ0v) is 12.8. The highest BCUT2D eigenvalue weighted by Crippen LogP contribution is 2.12. The largest absolute Gasteiger partial charge is 0.376 e. The van der Waals surface area contributed by atoms with Crippen LogP contribution in [0.5, 0.6) is 0 Å². The quantitative estimate of drug-likeness (QED) is 0.869. The van der Waals surface area contributed by atoms with Gasteiger partial charge in [-0.25, -0.2) is 0 Å². The first-order valence-corrected chi connectivity index (χ1v) is 7.42. The van der Waals surface area contributed by atoms with E-state index in [1.54, 1.807) is 0 Å². The third-order valence-corrected chi connectivity index (χ3v) is 3.24. The molecular formula is C16H26N2O2. The lowest BCUT2D eigenvalue weighted by atomic mass is 10.1. The van der Waals surface area contributed by atoms with Crippen LogP contribution in [0.3, 0.4) is 0 Å². The van der Waals surface area contributed by atoms with Gasteiger partial charge in [0.15, 0.2) is 0 Å². The number of aromatic nitrogens is 1. The van der Waals surface area contributed by atoms with E-state index in [2.05, 4.69) is 31.1 Å². The summed E-state index contributed by atoms with van der Waals surface area (Å²) in [6, 6.07) is 6.09. The van der Waals surface area contributed by atoms with Gasteiger partial charge in [0.25, 0.3) is 0 Å². The van der Waals surface area contributed by atoms with Gasteiger partial charge in [-0.1, -0.05) is 6.07 Å². The molecule has 2 heterocycles. The van der Waals surface area contributed by atoms with Crippen LogP contribution in [-0.4, -0.2) is 29.8 Å². The van der Waals surface area contributed by atoms with Gasteiger partial charge in [0, 0.05) is 18.7 Å². The van der Waals surface area contributed by atoms with E-state index in [-0.39, 0.29) is 11.6 Å². The molecule has 0 spiro atoms. The lowest BCUT2D eigenvalue weighted by molar-refractivity contribution is 0.00961. The van der Waals surface area contributed by atoms with Crippen molar-refractivity contribution in [2.75, 3.05) is 13.2 Å². The zero-order valence-electron chi connectivity index (χ0n) is 12.8. The minimum absolute atomic E-state index is 0.105. The molecule has 1 aromatic rings. The standard InChI is InChI=1S/C16H26N2O2/c1-16(2,3)17-10-13-6-4-7-14(18-13)11-19-12-15-8-5-9-20-15/h4,6-7,15,17H,5,8-12H2,1-3H3. The second-order valence-corrected chi connectivity index (χ2v) is 6.37. The minimum Gasteiger partial charge on any atom is -0.376 e. The normalized spacial score (nSPS) is 19.4. The van der Waals surface area contributed by atoms with E-state index in [9.17, 15) is 0 Å². The second-order valence-electron chi connectivity index (χ2n) is 6.37. The Kier molecular flexibility index (Phi) is 5.52. The van der Waals surface area contributed by atoms with E-state index >= 15 is 0 Å². The Bertz CT molecular complexity index is 409. The molecule has 0 aromatic carbocycles. The molecule has 0 radical (unpaired) electrons. The van der Waals surface area contributed by atoms with Crippen LogP contribution in [-0.2, 0) is 22.6 Å². The molecule has 0 amide bonds. The monoisotopic (exact) mass is 278 g/mol. The lowest BCUT2D eigenvalue weighted by Crippen LogP contribution is -2.35. The third-order valence-electron chi connectivity index (χ3n) is 3.24. The van der Waals surface area contributed by atoms with Crippen LogP contribution >= 0.6 is 0 Å². The molecule has 20 heavy (non-hydrogen) atoms. The van der Waals surface area contributed by atoms with Crippen molar-refractivity contribution in [1.82, 2.24) is 10.3 Å². The van der Waals surface area contributed by atoms with E-state index in [4.69, 9.17) is 9.47 Å². The van der Waals surface area contributed by atoms with Crippen molar-refractivity contribution in [1.29, 1.82) is 0 Å². The molecule has 112 valence electrons. The van der Waals surface area contributed by atoms with Crippen molar-refractivity contribution >= 4 is 0 Å². The Balaban J connectivity index is 1.76. The van der Waals surface area contributed by atoms with Gasteiger partial charge in [0.05, 0.1) is 30.7 Å². The van der Waals surface area contributed by atoms with Gasteiger partial charge < -0.3 is 14.8 Å². The van der Waals surface area contributed by atoms with E-state index < -0.39 is 0 Å². The SMILES string of the molecule is CC(C)(C)NCc1cccc(COCC2CCCO2)n1. The molecule has 1 unspecified atom stereocenters. The Morgan fingerprint density at radius 3 is 2.85 bits per heavy atom. The van der Waals surface area contributed by atoms with Crippen molar-refractivity contribution < 1.29 is 9.47 Å². The van der Waals surface area contributed by atoms with Gasteiger partial charge in [-0.15, -0.1) is 0 Å². The highest BCUT2D eigenvalue weighted by molar-refractivity contribution is 5.10. The number of nitrogens with one attached hydrogen (secondary N) is 1.